The zero-order valence-electron chi connectivity index (χ0n) is 15.6. The Balaban J connectivity index is 1.59. The van der Waals surface area contributed by atoms with Gasteiger partial charge in [-0.2, -0.15) is 0 Å². The molecule has 7 heteroatoms. The molecule has 27 heavy (non-hydrogen) atoms. The fourth-order valence-corrected chi connectivity index (χ4v) is 3.05. The molecule has 1 heterocycles. The second kappa shape index (κ2) is 7.00. The summed E-state index contributed by atoms with van der Waals surface area (Å²) in [6, 6.07) is 5.04. The summed E-state index contributed by atoms with van der Waals surface area (Å²) >= 11 is 6.23. The molecule has 3 rings (SSSR count). The first kappa shape index (κ1) is 19.4. The molecule has 0 spiro atoms. The minimum Gasteiger partial charge on any atom is -0.461 e. The van der Waals surface area contributed by atoms with Gasteiger partial charge in [0.25, 0.3) is 0 Å². The van der Waals surface area contributed by atoms with Crippen molar-refractivity contribution in [2.24, 2.45) is 17.3 Å². The third-order valence-corrected chi connectivity index (χ3v) is 4.74. The Morgan fingerprint density at radius 3 is 2.52 bits per heavy atom. The van der Waals surface area contributed by atoms with Crippen LogP contribution in [0.2, 0.25) is 5.02 Å². The van der Waals surface area contributed by atoms with Crippen molar-refractivity contribution in [3.05, 3.63) is 34.5 Å². The molecule has 1 saturated carbocycles. The number of benzene rings is 1. The molecule has 0 unspecified atom stereocenters. The van der Waals surface area contributed by atoms with Crippen molar-refractivity contribution in [3.63, 3.8) is 0 Å². The summed E-state index contributed by atoms with van der Waals surface area (Å²) in [7, 11) is 0. The number of hydrogen-bond acceptors (Lipinski definition) is 6. The van der Waals surface area contributed by atoms with Crippen LogP contribution in [0.15, 0.2) is 22.6 Å². The predicted octanol–water partition coefficient (Wildman–Crippen LogP) is 4.30. The number of ketones is 1. The fraction of sp³-hybridized carbons (Fsp3) is 0.450. The molecule has 2 aromatic rings. The van der Waals surface area contributed by atoms with Gasteiger partial charge < -0.3 is 13.9 Å². The number of Topliss-reactive ketones (excluding diaryl/α,β-unsaturated/α-hetero) is 1. The van der Waals surface area contributed by atoms with Crippen molar-refractivity contribution in [1.82, 2.24) is 0 Å². The van der Waals surface area contributed by atoms with Crippen LogP contribution in [-0.2, 0) is 19.1 Å². The summed E-state index contributed by atoms with van der Waals surface area (Å²) in [5.41, 5.74) is 0.269. The second-order valence-electron chi connectivity index (χ2n) is 7.80. The van der Waals surface area contributed by atoms with Gasteiger partial charge in [-0.25, -0.2) is 0 Å². The van der Waals surface area contributed by atoms with Gasteiger partial charge in [0, 0.05) is 16.9 Å². The van der Waals surface area contributed by atoms with Crippen LogP contribution >= 0.6 is 11.6 Å². The maximum atomic E-state index is 12.6. The molecule has 1 aliphatic rings. The van der Waals surface area contributed by atoms with Crippen LogP contribution in [0.3, 0.4) is 0 Å². The Morgan fingerprint density at radius 2 is 1.85 bits per heavy atom. The quantitative estimate of drug-likeness (QED) is 0.428. The minimum absolute atomic E-state index is 0.179. The van der Waals surface area contributed by atoms with Crippen molar-refractivity contribution < 1.29 is 28.3 Å². The van der Waals surface area contributed by atoms with Crippen LogP contribution in [-0.4, -0.2) is 24.5 Å². The summed E-state index contributed by atoms with van der Waals surface area (Å²) in [5.74, 6) is -1.47. The Kier molecular flexibility index (Phi) is 5.04. The number of rotatable bonds is 5. The largest absolute Gasteiger partial charge is 0.461 e. The van der Waals surface area contributed by atoms with Gasteiger partial charge in [-0.15, -0.1) is 0 Å². The summed E-state index contributed by atoms with van der Waals surface area (Å²) in [6.07, 6.45) is 0.401. The number of aryl methyl sites for hydroxylation is 1. The molecule has 0 radical (unpaired) electrons. The van der Waals surface area contributed by atoms with Crippen molar-refractivity contribution in [2.45, 2.75) is 34.1 Å². The lowest BCUT2D eigenvalue weighted by molar-refractivity contribution is -0.174. The van der Waals surface area contributed by atoms with E-state index in [0.29, 0.717) is 28.4 Å². The third-order valence-electron chi connectivity index (χ3n) is 4.43. The van der Waals surface area contributed by atoms with Crippen molar-refractivity contribution in [3.8, 4) is 0 Å². The highest BCUT2D eigenvalue weighted by molar-refractivity contribution is 6.35. The maximum absolute atomic E-state index is 12.6. The predicted molar refractivity (Wildman–Crippen MR) is 98.4 cm³/mol. The summed E-state index contributed by atoms with van der Waals surface area (Å²) < 4.78 is 15.4. The van der Waals surface area contributed by atoms with E-state index in [4.69, 9.17) is 25.5 Å². The van der Waals surface area contributed by atoms with Gasteiger partial charge in [-0.3, -0.25) is 14.4 Å². The topological polar surface area (TPSA) is 82.8 Å². The number of carbonyl (C=O) groups excluding carboxylic acids is 3. The Morgan fingerprint density at radius 1 is 1.15 bits per heavy atom. The van der Waals surface area contributed by atoms with E-state index in [2.05, 4.69) is 0 Å². The van der Waals surface area contributed by atoms with Crippen molar-refractivity contribution in [2.75, 3.05) is 6.79 Å². The Bertz CT molecular complexity index is 920. The Hall–Kier alpha value is -2.34. The number of esters is 2. The normalized spacial score (nSPS) is 19.0. The lowest BCUT2D eigenvalue weighted by atomic mass is 9.98. The number of furan rings is 1. The number of ether oxygens (including phenoxy) is 2. The van der Waals surface area contributed by atoms with Gasteiger partial charge in [0.05, 0.1) is 16.4 Å². The standard InChI is InChI=1S/C20H21ClO6/c1-10-5-14-15(21)6-11(7-16(14)27-10)17(22)12-8-13(12)18(23)25-9-26-19(24)20(2,3)4/h5-7,12-13H,8-9H2,1-4H3/t12-,13-/m0/s1. The molecule has 1 fully saturated rings. The highest BCUT2D eigenvalue weighted by atomic mass is 35.5. The second-order valence-corrected chi connectivity index (χ2v) is 8.21. The van der Waals surface area contributed by atoms with E-state index in [0.717, 1.165) is 5.39 Å². The van der Waals surface area contributed by atoms with Crippen LogP contribution in [0.5, 0.6) is 0 Å². The van der Waals surface area contributed by atoms with Crippen molar-refractivity contribution >= 4 is 40.3 Å². The molecule has 6 nitrogen and oxygen atoms in total. The average Bonchev–Trinajstić information content (AvgIpc) is 3.28. The molecule has 144 valence electrons. The van der Waals surface area contributed by atoms with Crippen LogP contribution in [0, 0.1) is 24.2 Å². The number of fused-ring (bicyclic) bond motifs is 1. The average molecular weight is 393 g/mol. The van der Waals surface area contributed by atoms with E-state index in [-0.39, 0.29) is 5.78 Å². The van der Waals surface area contributed by atoms with Crippen LogP contribution in [0.4, 0.5) is 0 Å². The zero-order valence-corrected chi connectivity index (χ0v) is 16.4. The van der Waals surface area contributed by atoms with E-state index in [9.17, 15) is 14.4 Å². The smallest absolute Gasteiger partial charge is 0.314 e. The SMILES string of the molecule is Cc1cc2c(Cl)cc(C(=O)[C@H]3C[C@@H]3C(=O)OCOC(=O)C(C)(C)C)cc2o1. The van der Waals surface area contributed by atoms with Gasteiger partial charge in [0.15, 0.2) is 5.78 Å². The third kappa shape index (κ3) is 4.16. The molecule has 1 aromatic heterocycles. The van der Waals surface area contributed by atoms with Crippen molar-refractivity contribution in [1.29, 1.82) is 0 Å². The van der Waals surface area contributed by atoms with E-state index in [1.807, 2.05) is 6.07 Å². The van der Waals surface area contributed by atoms with Gasteiger partial charge in [0.2, 0.25) is 6.79 Å². The van der Waals surface area contributed by atoms with E-state index >= 15 is 0 Å². The number of carbonyl (C=O) groups is 3. The van der Waals surface area contributed by atoms with E-state index in [1.165, 1.54) is 0 Å². The summed E-state index contributed by atoms with van der Waals surface area (Å²) in [6.45, 7) is 6.46. The molecule has 1 aliphatic carbocycles. The van der Waals surface area contributed by atoms with Gasteiger partial charge in [-0.1, -0.05) is 11.6 Å². The molecule has 0 amide bonds. The molecule has 0 saturated heterocycles. The van der Waals surface area contributed by atoms with Crippen LogP contribution < -0.4 is 0 Å². The first-order valence-corrected chi connectivity index (χ1v) is 9.03. The van der Waals surface area contributed by atoms with Crippen LogP contribution in [0.25, 0.3) is 11.0 Å². The first-order valence-electron chi connectivity index (χ1n) is 8.65. The summed E-state index contributed by atoms with van der Waals surface area (Å²) in [5, 5.41) is 1.18. The molecular weight excluding hydrogens is 372 g/mol. The van der Waals surface area contributed by atoms with Gasteiger partial charge in [-0.05, 0) is 52.3 Å². The lowest BCUT2D eigenvalue weighted by Crippen LogP contribution is -2.25. The number of halogens is 1. The first-order chi connectivity index (χ1) is 12.6. The molecular formula is C20H21ClO6. The van der Waals surface area contributed by atoms with Crippen LogP contribution in [0.1, 0.15) is 43.3 Å². The molecule has 1 aromatic carbocycles. The van der Waals surface area contributed by atoms with E-state index in [1.54, 1.807) is 39.8 Å². The van der Waals surface area contributed by atoms with Gasteiger partial charge >= 0.3 is 11.9 Å². The monoisotopic (exact) mass is 392 g/mol. The Labute approximate surface area is 161 Å². The zero-order chi connectivity index (χ0) is 19.9. The molecule has 0 aliphatic heterocycles. The minimum atomic E-state index is -0.674. The molecule has 0 N–H and O–H groups in total. The number of hydrogen-bond donors (Lipinski definition) is 0. The van der Waals surface area contributed by atoms with Gasteiger partial charge in [0.1, 0.15) is 11.3 Å². The lowest BCUT2D eigenvalue weighted by Gasteiger charge is -2.16. The fourth-order valence-electron chi connectivity index (χ4n) is 2.79. The highest BCUT2D eigenvalue weighted by Crippen LogP contribution is 2.43. The highest BCUT2D eigenvalue weighted by Gasteiger charge is 2.49. The molecule has 2 atom stereocenters. The summed E-state index contributed by atoms with van der Waals surface area (Å²) in [4.78, 5) is 36.3. The molecule has 0 bridgehead atoms. The van der Waals surface area contributed by atoms with E-state index < -0.39 is 36.0 Å². The maximum Gasteiger partial charge on any atom is 0.314 e.